The number of aliphatic hydroxyl groups is 1. The summed E-state index contributed by atoms with van der Waals surface area (Å²) in [5, 5.41) is 30.1. The van der Waals surface area contributed by atoms with Gasteiger partial charge in [-0.05, 0) is 11.5 Å². The molecule has 0 fully saturated rings. The number of hydrogen-bond donors (Lipinski definition) is 4. The fourth-order valence-electron chi connectivity index (χ4n) is 2.32. The number of benzene rings is 1. The fourth-order valence-corrected chi connectivity index (χ4v) is 2.32. The summed E-state index contributed by atoms with van der Waals surface area (Å²) < 4.78 is 0. The van der Waals surface area contributed by atoms with E-state index in [4.69, 9.17) is 10.2 Å². The summed E-state index contributed by atoms with van der Waals surface area (Å²) in [6.07, 6.45) is -2.02. The van der Waals surface area contributed by atoms with E-state index >= 15 is 0 Å². The first-order chi connectivity index (χ1) is 11.7. The van der Waals surface area contributed by atoms with Gasteiger partial charge in [0.15, 0.2) is 6.10 Å². The Hall–Kier alpha value is -2.61. The normalized spacial score (nSPS) is 13.1. The van der Waals surface area contributed by atoms with Gasteiger partial charge in [0.1, 0.15) is 0 Å². The van der Waals surface area contributed by atoms with Gasteiger partial charge in [-0.15, -0.1) is 0 Å². The molecule has 0 aliphatic heterocycles. The van der Waals surface area contributed by atoms with Crippen LogP contribution in [0.25, 0.3) is 0 Å². The quantitative estimate of drug-likeness (QED) is 0.531. The maximum atomic E-state index is 12.5. The predicted octanol–water partition coefficient (Wildman–Crippen LogP) is 1.32. The highest BCUT2D eigenvalue weighted by Gasteiger charge is 2.25. The first-order valence-electron chi connectivity index (χ1n) is 7.93. The van der Waals surface area contributed by atoms with Gasteiger partial charge in [0, 0.05) is 6.54 Å². The molecule has 0 radical (unpaired) electrons. The molecule has 8 heteroatoms. The molecule has 1 rings (SSSR count). The second-order valence-corrected chi connectivity index (χ2v) is 6.16. The number of carbonyl (C=O) groups is 3. The summed E-state index contributed by atoms with van der Waals surface area (Å²) in [5.41, 5.74) is 0.626. The highest BCUT2D eigenvalue weighted by atomic mass is 16.4. The molecule has 0 aliphatic carbocycles. The van der Waals surface area contributed by atoms with E-state index in [0.717, 1.165) is 0 Å². The van der Waals surface area contributed by atoms with Crippen LogP contribution >= 0.6 is 0 Å². The van der Waals surface area contributed by atoms with E-state index in [-0.39, 0.29) is 25.4 Å². The van der Waals surface area contributed by atoms with Crippen LogP contribution in [-0.2, 0) is 9.59 Å². The predicted molar refractivity (Wildman–Crippen MR) is 90.0 cm³/mol. The Bertz CT molecular complexity index is 590. The Morgan fingerprint density at radius 3 is 2.16 bits per heavy atom. The number of carbonyl (C=O) groups excluding carboxylic acids is 1. The molecule has 0 aliphatic rings. The zero-order valence-electron chi connectivity index (χ0n) is 14.3. The molecule has 138 valence electrons. The second kappa shape index (κ2) is 9.63. The maximum Gasteiger partial charge on any atom is 0.334 e. The van der Waals surface area contributed by atoms with E-state index < -0.39 is 30.1 Å². The number of urea groups is 1. The molecule has 0 spiro atoms. The number of nitrogens with zero attached hydrogens (tertiary/aromatic N) is 1. The third-order valence-electron chi connectivity index (χ3n) is 3.43. The van der Waals surface area contributed by atoms with E-state index in [9.17, 15) is 19.5 Å². The standard InChI is InChI=1S/C17H24N2O6/c1-11(2)9-19(10-14(20)16(23)24)17(25)18-13(8-15(21)22)12-6-4-3-5-7-12/h3-7,11,13-14,20H,8-10H2,1-2H3,(H,18,25)(H,21,22)(H,23,24). The van der Waals surface area contributed by atoms with E-state index in [1.54, 1.807) is 30.3 Å². The first-order valence-corrected chi connectivity index (χ1v) is 7.93. The Morgan fingerprint density at radius 1 is 1.08 bits per heavy atom. The number of aliphatic carboxylic acids is 2. The van der Waals surface area contributed by atoms with Crippen molar-refractivity contribution in [1.82, 2.24) is 10.2 Å². The zero-order chi connectivity index (χ0) is 19.0. The lowest BCUT2D eigenvalue weighted by Gasteiger charge is -2.28. The lowest BCUT2D eigenvalue weighted by atomic mass is 10.0. The Balaban J connectivity index is 2.92. The van der Waals surface area contributed by atoms with Gasteiger partial charge >= 0.3 is 18.0 Å². The molecule has 2 amide bonds. The highest BCUT2D eigenvalue weighted by Crippen LogP contribution is 2.17. The van der Waals surface area contributed by atoms with Crippen molar-refractivity contribution in [2.45, 2.75) is 32.4 Å². The van der Waals surface area contributed by atoms with Crippen molar-refractivity contribution in [2.24, 2.45) is 5.92 Å². The van der Waals surface area contributed by atoms with Crippen molar-refractivity contribution in [2.75, 3.05) is 13.1 Å². The number of nitrogens with one attached hydrogen (secondary N) is 1. The number of carboxylic acid groups (broad SMARTS) is 2. The van der Waals surface area contributed by atoms with Gasteiger partial charge in [0.25, 0.3) is 0 Å². The van der Waals surface area contributed by atoms with Crippen LogP contribution in [0.15, 0.2) is 30.3 Å². The van der Waals surface area contributed by atoms with E-state index in [2.05, 4.69) is 5.32 Å². The molecule has 1 aromatic carbocycles. The molecular weight excluding hydrogens is 328 g/mol. The fraction of sp³-hybridized carbons (Fsp3) is 0.471. The van der Waals surface area contributed by atoms with Crippen LogP contribution < -0.4 is 5.32 Å². The molecule has 0 heterocycles. The molecule has 0 saturated carbocycles. The minimum absolute atomic E-state index is 0.0430. The third-order valence-corrected chi connectivity index (χ3v) is 3.43. The Kier molecular flexibility index (Phi) is 7.87. The summed E-state index contributed by atoms with van der Waals surface area (Å²) in [6.45, 7) is 3.54. The smallest absolute Gasteiger partial charge is 0.334 e. The van der Waals surface area contributed by atoms with Gasteiger partial charge in [-0.3, -0.25) is 4.79 Å². The van der Waals surface area contributed by atoms with Crippen LogP contribution in [0.5, 0.6) is 0 Å². The molecule has 25 heavy (non-hydrogen) atoms. The molecule has 0 bridgehead atoms. The molecule has 1 aromatic rings. The Morgan fingerprint density at radius 2 is 1.68 bits per heavy atom. The lowest BCUT2D eigenvalue weighted by molar-refractivity contribution is -0.147. The van der Waals surface area contributed by atoms with E-state index in [1.807, 2.05) is 13.8 Å². The summed E-state index contributed by atoms with van der Waals surface area (Å²) in [4.78, 5) is 35.6. The van der Waals surface area contributed by atoms with Crippen LogP contribution in [0.3, 0.4) is 0 Å². The van der Waals surface area contributed by atoms with Crippen LogP contribution in [0.4, 0.5) is 4.79 Å². The SMILES string of the molecule is CC(C)CN(CC(O)C(=O)O)C(=O)NC(CC(=O)O)c1ccccc1. The van der Waals surface area contributed by atoms with Crippen LogP contribution in [0, 0.1) is 5.92 Å². The molecule has 4 N–H and O–H groups in total. The van der Waals surface area contributed by atoms with Crippen LogP contribution in [-0.4, -0.2) is 57.4 Å². The Labute approximate surface area is 146 Å². The molecule has 2 unspecified atom stereocenters. The van der Waals surface area contributed by atoms with E-state index in [1.165, 1.54) is 4.90 Å². The van der Waals surface area contributed by atoms with Gasteiger partial charge in [-0.25, -0.2) is 9.59 Å². The van der Waals surface area contributed by atoms with E-state index in [0.29, 0.717) is 5.56 Å². The number of hydrogen-bond acceptors (Lipinski definition) is 4. The van der Waals surface area contributed by atoms with Crippen molar-refractivity contribution in [3.05, 3.63) is 35.9 Å². The summed E-state index contributed by atoms with van der Waals surface area (Å²) in [6, 6.07) is 7.26. The summed E-state index contributed by atoms with van der Waals surface area (Å²) >= 11 is 0. The summed E-state index contributed by atoms with van der Waals surface area (Å²) in [7, 11) is 0. The largest absolute Gasteiger partial charge is 0.481 e. The second-order valence-electron chi connectivity index (χ2n) is 6.16. The molecule has 8 nitrogen and oxygen atoms in total. The molecular formula is C17H24N2O6. The van der Waals surface area contributed by atoms with Gasteiger partial charge in [-0.1, -0.05) is 44.2 Å². The topological polar surface area (TPSA) is 127 Å². The average molecular weight is 352 g/mol. The van der Waals surface area contributed by atoms with Gasteiger partial charge in [0.05, 0.1) is 19.0 Å². The monoisotopic (exact) mass is 352 g/mol. The number of amides is 2. The summed E-state index contributed by atoms with van der Waals surface area (Å²) in [5.74, 6) is -2.46. The number of carboxylic acids is 2. The third kappa shape index (κ3) is 7.21. The first kappa shape index (κ1) is 20.4. The molecule has 2 atom stereocenters. The minimum atomic E-state index is -1.71. The number of aliphatic hydroxyl groups excluding tert-OH is 1. The van der Waals surface area contributed by atoms with Crippen molar-refractivity contribution in [3.8, 4) is 0 Å². The maximum absolute atomic E-state index is 12.5. The van der Waals surface area contributed by atoms with Gasteiger partial charge in [0.2, 0.25) is 0 Å². The number of rotatable bonds is 9. The highest BCUT2D eigenvalue weighted by molar-refractivity contribution is 5.78. The van der Waals surface area contributed by atoms with Crippen molar-refractivity contribution in [1.29, 1.82) is 0 Å². The minimum Gasteiger partial charge on any atom is -0.481 e. The van der Waals surface area contributed by atoms with Gasteiger partial charge < -0.3 is 25.5 Å². The van der Waals surface area contributed by atoms with Crippen LogP contribution in [0.2, 0.25) is 0 Å². The van der Waals surface area contributed by atoms with Crippen molar-refractivity contribution < 1.29 is 29.7 Å². The van der Waals surface area contributed by atoms with Crippen LogP contribution in [0.1, 0.15) is 31.9 Å². The lowest BCUT2D eigenvalue weighted by Crippen LogP contribution is -2.48. The van der Waals surface area contributed by atoms with Crippen molar-refractivity contribution in [3.63, 3.8) is 0 Å². The molecule has 0 aromatic heterocycles. The average Bonchev–Trinajstić information content (AvgIpc) is 2.53. The zero-order valence-corrected chi connectivity index (χ0v) is 14.3. The van der Waals surface area contributed by atoms with Crippen molar-refractivity contribution >= 4 is 18.0 Å². The van der Waals surface area contributed by atoms with Gasteiger partial charge in [-0.2, -0.15) is 0 Å². The molecule has 0 saturated heterocycles.